The SMILES string of the molecule is COc1cc(Br)c(C(=O)CCOCC(F)(F)F)cc1OC. The van der Waals surface area contributed by atoms with Gasteiger partial charge >= 0.3 is 6.18 Å². The summed E-state index contributed by atoms with van der Waals surface area (Å²) in [5, 5.41) is 0. The molecule has 8 heteroatoms. The number of hydrogen-bond acceptors (Lipinski definition) is 4. The molecule has 1 aromatic rings. The van der Waals surface area contributed by atoms with Gasteiger partial charge in [0.05, 0.1) is 20.8 Å². The van der Waals surface area contributed by atoms with Crippen LogP contribution in [0.4, 0.5) is 13.2 Å². The first kappa shape index (κ1) is 17.8. The second-order valence-electron chi connectivity index (χ2n) is 4.03. The number of carbonyl (C=O) groups is 1. The first-order valence-corrected chi connectivity index (χ1v) is 6.67. The van der Waals surface area contributed by atoms with Gasteiger partial charge in [0.2, 0.25) is 0 Å². The van der Waals surface area contributed by atoms with Gasteiger partial charge in [-0.1, -0.05) is 0 Å². The predicted molar refractivity (Wildman–Crippen MR) is 73.1 cm³/mol. The van der Waals surface area contributed by atoms with Crippen molar-refractivity contribution in [3.05, 3.63) is 22.2 Å². The molecule has 0 atom stereocenters. The van der Waals surface area contributed by atoms with Gasteiger partial charge in [-0.25, -0.2) is 0 Å². The number of alkyl halides is 3. The van der Waals surface area contributed by atoms with Crippen molar-refractivity contribution in [2.24, 2.45) is 0 Å². The molecule has 0 aliphatic rings. The Kier molecular flexibility index (Phi) is 6.47. The fourth-order valence-electron chi connectivity index (χ4n) is 1.56. The Hall–Kier alpha value is -1.28. The summed E-state index contributed by atoms with van der Waals surface area (Å²) in [7, 11) is 2.88. The Morgan fingerprint density at radius 2 is 1.76 bits per heavy atom. The van der Waals surface area contributed by atoms with Crippen molar-refractivity contribution in [3.63, 3.8) is 0 Å². The number of carbonyl (C=O) groups excluding carboxylic acids is 1. The van der Waals surface area contributed by atoms with Crippen LogP contribution in [0.1, 0.15) is 16.8 Å². The molecule has 21 heavy (non-hydrogen) atoms. The molecule has 0 heterocycles. The van der Waals surface area contributed by atoms with E-state index in [4.69, 9.17) is 9.47 Å². The molecule has 0 unspecified atom stereocenters. The van der Waals surface area contributed by atoms with Crippen LogP contribution in [0.3, 0.4) is 0 Å². The third-order valence-electron chi connectivity index (χ3n) is 2.51. The van der Waals surface area contributed by atoms with Crippen LogP contribution in [0.25, 0.3) is 0 Å². The molecule has 0 aliphatic carbocycles. The Morgan fingerprint density at radius 3 is 2.29 bits per heavy atom. The van der Waals surface area contributed by atoms with E-state index in [0.29, 0.717) is 21.5 Å². The van der Waals surface area contributed by atoms with Crippen molar-refractivity contribution in [3.8, 4) is 11.5 Å². The normalized spacial score (nSPS) is 11.3. The number of benzene rings is 1. The van der Waals surface area contributed by atoms with Crippen LogP contribution in [0.2, 0.25) is 0 Å². The van der Waals surface area contributed by atoms with Gasteiger partial charge in [-0.05, 0) is 28.1 Å². The summed E-state index contributed by atoms with van der Waals surface area (Å²) in [4.78, 5) is 12.0. The Morgan fingerprint density at radius 1 is 1.19 bits per heavy atom. The molecule has 1 rings (SSSR count). The molecule has 0 saturated heterocycles. The van der Waals surface area contributed by atoms with Gasteiger partial charge in [0, 0.05) is 16.5 Å². The smallest absolute Gasteiger partial charge is 0.411 e. The molecule has 0 saturated carbocycles. The molecule has 0 aromatic heterocycles. The lowest BCUT2D eigenvalue weighted by atomic mass is 10.1. The van der Waals surface area contributed by atoms with Gasteiger partial charge in [-0.15, -0.1) is 0 Å². The summed E-state index contributed by atoms with van der Waals surface area (Å²) in [6.07, 6.45) is -4.56. The van der Waals surface area contributed by atoms with Crippen LogP contribution >= 0.6 is 15.9 Å². The summed E-state index contributed by atoms with van der Waals surface area (Å²) in [5.41, 5.74) is 0.295. The predicted octanol–water partition coefficient (Wildman–Crippen LogP) is 3.62. The van der Waals surface area contributed by atoms with Crippen molar-refractivity contribution in [2.45, 2.75) is 12.6 Å². The van der Waals surface area contributed by atoms with Crippen LogP contribution in [0, 0.1) is 0 Å². The highest BCUT2D eigenvalue weighted by Crippen LogP contribution is 2.33. The second-order valence-corrected chi connectivity index (χ2v) is 4.88. The maximum Gasteiger partial charge on any atom is 0.411 e. The zero-order chi connectivity index (χ0) is 16.0. The lowest BCUT2D eigenvalue weighted by Crippen LogP contribution is -2.18. The van der Waals surface area contributed by atoms with Gasteiger partial charge < -0.3 is 14.2 Å². The average Bonchev–Trinajstić information content (AvgIpc) is 2.41. The maximum atomic E-state index is 12.0. The van der Waals surface area contributed by atoms with Gasteiger partial charge in [0.15, 0.2) is 17.3 Å². The quantitative estimate of drug-likeness (QED) is 0.543. The van der Waals surface area contributed by atoms with E-state index in [1.54, 1.807) is 6.07 Å². The van der Waals surface area contributed by atoms with Crippen LogP contribution in [-0.2, 0) is 4.74 Å². The minimum atomic E-state index is -4.40. The van der Waals surface area contributed by atoms with Crippen molar-refractivity contribution in [2.75, 3.05) is 27.4 Å². The lowest BCUT2D eigenvalue weighted by molar-refractivity contribution is -0.173. The number of halogens is 4. The highest BCUT2D eigenvalue weighted by atomic mass is 79.9. The molecule has 0 spiro atoms. The van der Waals surface area contributed by atoms with Crippen molar-refractivity contribution in [1.29, 1.82) is 0 Å². The van der Waals surface area contributed by atoms with Crippen molar-refractivity contribution in [1.82, 2.24) is 0 Å². The summed E-state index contributed by atoms with van der Waals surface area (Å²) in [6.45, 7) is -1.67. The topological polar surface area (TPSA) is 44.8 Å². The largest absolute Gasteiger partial charge is 0.493 e. The van der Waals surface area contributed by atoms with Crippen LogP contribution < -0.4 is 9.47 Å². The highest BCUT2D eigenvalue weighted by molar-refractivity contribution is 9.10. The highest BCUT2D eigenvalue weighted by Gasteiger charge is 2.27. The van der Waals surface area contributed by atoms with E-state index in [2.05, 4.69) is 20.7 Å². The molecule has 4 nitrogen and oxygen atoms in total. The first-order valence-electron chi connectivity index (χ1n) is 5.87. The third kappa shape index (κ3) is 5.55. The van der Waals surface area contributed by atoms with E-state index in [9.17, 15) is 18.0 Å². The molecular formula is C13H14BrF3O4. The second kappa shape index (κ2) is 7.65. The minimum Gasteiger partial charge on any atom is -0.493 e. The van der Waals surface area contributed by atoms with E-state index in [-0.39, 0.29) is 18.8 Å². The molecular weight excluding hydrogens is 357 g/mol. The fraction of sp³-hybridized carbons (Fsp3) is 0.462. The zero-order valence-electron chi connectivity index (χ0n) is 11.4. The maximum absolute atomic E-state index is 12.0. The molecule has 0 aliphatic heterocycles. The molecule has 118 valence electrons. The zero-order valence-corrected chi connectivity index (χ0v) is 13.0. The standard InChI is InChI=1S/C13H14BrF3O4/c1-19-11-5-8(9(14)6-12(11)20-2)10(18)3-4-21-7-13(15,16)17/h5-6H,3-4,7H2,1-2H3. The van der Waals surface area contributed by atoms with Gasteiger partial charge in [0.1, 0.15) is 6.61 Å². The van der Waals surface area contributed by atoms with Crippen molar-refractivity contribution >= 4 is 21.7 Å². The average molecular weight is 371 g/mol. The van der Waals surface area contributed by atoms with E-state index in [1.807, 2.05) is 0 Å². The lowest BCUT2D eigenvalue weighted by Gasteiger charge is -2.11. The van der Waals surface area contributed by atoms with E-state index < -0.39 is 12.8 Å². The monoisotopic (exact) mass is 370 g/mol. The number of hydrogen-bond donors (Lipinski definition) is 0. The number of ketones is 1. The Bertz CT molecular complexity index is 503. The number of rotatable bonds is 7. The number of methoxy groups -OCH3 is 2. The Labute approximate surface area is 128 Å². The fourth-order valence-corrected chi connectivity index (χ4v) is 2.10. The van der Waals surface area contributed by atoms with Gasteiger partial charge in [-0.3, -0.25) is 4.79 Å². The van der Waals surface area contributed by atoms with E-state index >= 15 is 0 Å². The van der Waals surface area contributed by atoms with Crippen LogP contribution in [0.5, 0.6) is 11.5 Å². The third-order valence-corrected chi connectivity index (χ3v) is 3.17. The first-order chi connectivity index (χ1) is 9.78. The summed E-state index contributed by atoms with van der Waals surface area (Å²) < 4.78 is 50.7. The van der Waals surface area contributed by atoms with E-state index in [1.165, 1.54) is 20.3 Å². The summed E-state index contributed by atoms with van der Waals surface area (Å²) in [5.74, 6) is 0.444. The number of ether oxygens (including phenoxy) is 3. The molecule has 1 aromatic carbocycles. The van der Waals surface area contributed by atoms with Crippen LogP contribution in [0.15, 0.2) is 16.6 Å². The van der Waals surface area contributed by atoms with Crippen molar-refractivity contribution < 1.29 is 32.2 Å². The van der Waals surface area contributed by atoms with Crippen LogP contribution in [-0.4, -0.2) is 39.4 Å². The summed E-state index contributed by atoms with van der Waals surface area (Å²) >= 11 is 3.22. The number of Topliss-reactive ketones (excluding diaryl/α,β-unsaturated/α-hetero) is 1. The molecule has 0 amide bonds. The molecule has 0 N–H and O–H groups in total. The molecule has 0 bridgehead atoms. The molecule has 0 radical (unpaired) electrons. The van der Waals surface area contributed by atoms with E-state index in [0.717, 1.165) is 0 Å². The van der Waals surface area contributed by atoms with Gasteiger partial charge in [-0.2, -0.15) is 13.2 Å². The summed E-state index contributed by atoms with van der Waals surface area (Å²) in [6, 6.07) is 3.03. The molecule has 0 fully saturated rings. The minimum absolute atomic E-state index is 0.163. The van der Waals surface area contributed by atoms with Gasteiger partial charge in [0.25, 0.3) is 0 Å². The Balaban J connectivity index is 2.70.